The molecule has 0 saturated carbocycles. The molecule has 0 saturated heterocycles. The molecule has 0 rings (SSSR count). The van der Waals surface area contributed by atoms with Crippen LogP contribution in [0.3, 0.4) is 0 Å². The van der Waals surface area contributed by atoms with Crippen molar-refractivity contribution in [2.24, 2.45) is 0 Å². The van der Waals surface area contributed by atoms with Crippen LogP contribution >= 0.6 is 7.82 Å². The maximum absolute atomic E-state index is 9.33. The second kappa shape index (κ2) is 4.78. The van der Waals surface area contributed by atoms with E-state index in [0.29, 0.717) is 0 Å². The van der Waals surface area contributed by atoms with Gasteiger partial charge in [-0.15, -0.1) is 0 Å². The standard InChI is InChI=1S/CH4O4S.H3O4P/c1-5-6(2,3)4;1-5(2,3)4/h1H3,(H,2,3,4);(H3,1,2,3,4). The van der Waals surface area contributed by atoms with E-state index in [4.69, 9.17) is 23.8 Å². The van der Waals surface area contributed by atoms with Crippen molar-refractivity contribution in [1.82, 2.24) is 0 Å². The van der Waals surface area contributed by atoms with Gasteiger partial charge in [0.05, 0.1) is 7.11 Å². The molecule has 0 amide bonds. The Hall–Kier alpha value is -0.0200. The minimum Gasteiger partial charge on any atom is -0.303 e. The first-order chi connectivity index (χ1) is 4.56. The van der Waals surface area contributed by atoms with Gasteiger partial charge in [-0.3, -0.25) is 8.74 Å². The van der Waals surface area contributed by atoms with Gasteiger partial charge in [-0.2, -0.15) is 8.42 Å². The van der Waals surface area contributed by atoms with Crippen LogP contribution in [0.25, 0.3) is 0 Å². The van der Waals surface area contributed by atoms with Gasteiger partial charge in [-0.05, 0) is 0 Å². The zero-order chi connectivity index (χ0) is 9.71. The van der Waals surface area contributed by atoms with E-state index in [1.54, 1.807) is 0 Å². The summed E-state index contributed by atoms with van der Waals surface area (Å²) in [4.78, 5) is 21.6. The van der Waals surface area contributed by atoms with Crippen molar-refractivity contribution >= 4 is 18.2 Å². The largest absolute Gasteiger partial charge is 0.466 e. The SMILES string of the molecule is COS(=O)(=O)O.O=P(O)(O)O. The third kappa shape index (κ3) is 71.6. The predicted molar refractivity (Wildman–Crippen MR) is 32.8 cm³/mol. The van der Waals surface area contributed by atoms with Gasteiger partial charge in [0, 0.05) is 0 Å². The molecule has 8 nitrogen and oxygen atoms in total. The summed E-state index contributed by atoms with van der Waals surface area (Å²) in [5.74, 6) is 0. The van der Waals surface area contributed by atoms with Crippen molar-refractivity contribution in [3.8, 4) is 0 Å². The van der Waals surface area contributed by atoms with Crippen LogP contribution in [0.15, 0.2) is 0 Å². The van der Waals surface area contributed by atoms with Gasteiger partial charge in [-0.1, -0.05) is 0 Å². The van der Waals surface area contributed by atoms with E-state index in [-0.39, 0.29) is 0 Å². The van der Waals surface area contributed by atoms with Crippen LogP contribution in [0.2, 0.25) is 0 Å². The first kappa shape index (κ1) is 13.6. The van der Waals surface area contributed by atoms with E-state index in [9.17, 15) is 8.42 Å². The smallest absolute Gasteiger partial charge is 0.303 e. The zero-order valence-electron chi connectivity index (χ0n) is 5.28. The summed E-state index contributed by atoms with van der Waals surface area (Å²) in [6, 6.07) is 0. The minimum absolute atomic E-state index is 0.870. The maximum atomic E-state index is 9.33. The van der Waals surface area contributed by atoms with Crippen molar-refractivity contribution in [2.45, 2.75) is 0 Å². The molecule has 0 aliphatic rings. The highest BCUT2D eigenvalue weighted by Crippen LogP contribution is 2.25. The van der Waals surface area contributed by atoms with Crippen LogP contribution < -0.4 is 0 Å². The summed E-state index contributed by atoms with van der Waals surface area (Å²) in [5, 5.41) is 0. The molecule has 4 N–H and O–H groups in total. The summed E-state index contributed by atoms with van der Waals surface area (Å²) < 4.78 is 38.6. The zero-order valence-corrected chi connectivity index (χ0v) is 6.99. The Morgan fingerprint density at radius 2 is 1.36 bits per heavy atom. The monoisotopic (exact) mass is 210 g/mol. The lowest BCUT2D eigenvalue weighted by Gasteiger charge is -1.82. The lowest BCUT2D eigenvalue weighted by molar-refractivity contribution is 0.275. The Morgan fingerprint density at radius 1 is 1.27 bits per heavy atom. The summed E-state index contributed by atoms with van der Waals surface area (Å²) in [7, 11) is -7.93. The van der Waals surface area contributed by atoms with Crippen molar-refractivity contribution in [3.63, 3.8) is 0 Å². The molecule has 0 aromatic rings. The van der Waals surface area contributed by atoms with Crippen molar-refractivity contribution in [2.75, 3.05) is 7.11 Å². The molecule has 0 spiro atoms. The lowest BCUT2D eigenvalue weighted by atomic mass is 11.8. The molecular formula is CH7O8PS. The topological polar surface area (TPSA) is 141 Å². The number of hydrogen-bond acceptors (Lipinski definition) is 4. The number of hydrogen-bond donors (Lipinski definition) is 4. The van der Waals surface area contributed by atoms with E-state index >= 15 is 0 Å². The summed E-state index contributed by atoms with van der Waals surface area (Å²) in [5.41, 5.74) is 0. The molecule has 0 heterocycles. The molecule has 0 fully saturated rings. The van der Waals surface area contributed by atoms with Crippen LogP contribution in [-0.2, 0) is 19.1 Å². The molecular weight excluding hydrogens is 203 g/mol. The van der Waals surface area contributed by atoms with Crippen LogP contribution in [0.4, 0.5) is 0 Å². The average molecular weight is 210 g/mol. The van der Waals surface area contributed by atoms with Gasteiger partial charge in [0.25, 0.3) is 0 Å². The Bertz CT molecular complexity index is 212. The predicted octanol–water partition coefficient (Wildman–Crippen LogP) is -1.49. The summed E-state index contributed by atoms with van der Waals surface area (Å²) in [6.45, 7) is 0. The molecule has 0 radical (unpaired) electrons. The second-order valence-corrected chi connectivity index (χ2v) is 3.32. The fourth-order valence-electron chi connectivity index (χ4n) is 0. The third-order valence-electron chi connectivity index (χ3n) is 0.211. The highest BCUT2D eigenvalue weighted by molar-refractivity contribution is 7.80. The van der Waals surface area contributed by atoms with Crippen LogP contribution in [-0.4, -0.2) is 34.8 Å². The molecule has 11 heavy (non-hydrogen) atoms. The first-order valence-electron chi connectivity index (χ1n) is 1.87. The van der Waals surface area contributed by atoms with Crippen LogP contribution in [0.5, 0.6) is 0 Å². The van der Waals surface area contributed by atoms with Crippen molar-refractivity contribution < 1.29 is 36.4 Å². The Morgan fingerprint density at radius 3 is 1.36 bits per heavy atom. The molecule has 0 atom stereocenters. The highest BCUT2D eigenvalue weighted by Gasteiger charge is 2.00. The summed E-state index contributed by atoms with van der Waals surface area (Å²) in [6.07, 6.45) is 0. The lowest BCUT2D eigenvalue weighted by Crippen LogP contribution is -1.96. The van der Waals surface area contributed by atoms with Gasteiger partial charge >= 0.3 is 18.2 Å². The van der Waals surface area contributed by atoms with Gasteiger partial charge < -0.3 is 14.7 Å². The van der Waals surface area contributed by atoms with Gasteiger partial charge in [0.15, 0.2) is 0 Å². The Labute approximate surface area is 62.6 Å². The quantitative estimate of drug-likeness (QED) is 0.303. The van der Waals surface area contributed by atoms with Crippen LogP contribution in [0, 0.1) is 0 Å². The molecule has 0 aromatic heterocycles. The normalized spacial score (nSPS) is 11.7. The highest BCUT2D eigenvalue weighted by atomic mass is 32.3. The molecule has 10 heteroatoms. The Balaban J connectivity index is 0. The average Bonchev–Trinajstić information content (AvgIpc) is 1.59. The molecule has 0 aliphatic heterocycles. The van der Waals surface area contributed by atoms with Crippen LogP contribution in [0.1, 0.15) is 0 Å². The van der Waals surface area contributed by atoms with Gasteiger partial charge in [0.2, 0.25) is 0 Å². The molecule has 70 valence electrons. The third-order valence-corrected chi connectivity index (χ3v) is 0.632. The molecule has 0 bridgehead atoms. The molecule has 0 unspecified atom stereocenters. The molecule has 0 aliphatic carbocycles. The van der Waals surface area contributed by atoms with E-state index in [2.05, 4.69) is 4.18 Å². The fraction of sp³-hybridized carbons (Fsp3) is 1.00. The van der Waals surface area contributed by atoms with Gasteiger partial charge in [-0.25, -0.2) is 4.57 Å². The number of rotatable bonds is 1. The minimum atomic E-state index is -4.64. The van der Waals surface area contributed by atoms with Crippen molar-refractivity contribution in [1.29, 1.82) is 0 Å². The summed E-state index contributed by atoms with van der Waals surface area (Å²) >= 11 is 0. The maximum Gasteiger partial charge on any atom is 0.466 e. The van der Waals surface area contributed by atoms with E-state index < -0.39 is 18.2 Å². The van der Waals surface area contributed by atoms with E-state index in [1.165, 1.54) is 0 Å². The number of phosphoric acid groups is 1. The van der Waals surface area contributed by atoms with Gasteiger partial charge in [0.1, 0.15) is 0 Å². The fourth-order valence-corrected chi connectivity index (χ4v) is 0. The van der Waals surface area contributed by atoms with E-state index in [0.717, 1.165) is 7.11 Å². The van der Waals surface area contributed by atoms with Crippen molar-refractivity contribution in [3.05, 3.63) is 0 Å². The van der Waals surface area contributed by atoms with E-state index in [1.807, 2.05) is 0 Å². The molecule has 0 aromatic carbocycles. The Kier molecular flexibility index (Phi) is 5.89. The second-order valence-electron chi connectivity index (χ2n) is 1.11. The first-order valence-corrected chi connectivity index (χ1v) is 4.80.